The van der Waals surface area contributed by atoms with Gasteiger partial charge >= 0.3 is 0 Å². The van der Waals surface area contributed by atoms with E-state index in [0.717, 1.165) is 43.4 Å². The molecule has 2 amide bonds. The van der Waals surface area contributed by atoms with Gasteiger partial charge in [0.15, 0.2) is 0 Å². The van der Waals surface area contributed by atoms with Crippen molar-refractivity contribution in [1.29, 1.82) is 0 Å². The zero-order valence-corrected chi connectivity index (χ0v) is 22.1. The Balaban J connectivity index is 1.30. The van der Waals surface area contributed by atoms with Crippen molar-refractivity contribution >= 4 is 21.8 Å². The average molecular weight is 525 g/mol. The van der Waals surface area contributed by atoms with E-state index >= 15 is 0 Å². The first kappa shape index (κ1) is 25.9. The second-order valence-electron chi connectivity index (χ2n) is 10.4. The third kappa shape index (κ3) is 5.58. The minimum Gasteiger partial charge on any atom is -0.353 e. The molecule has 3 N–H and O–H groups in total. The number of piperidine rings is 1. The van der Waals surface area contributed by atoms with E-state index in [2.05, 4.69) is 34.1 Å². The van der Waals surface area contributed by atoms with Crippen LogP contribution in [0.15, 0.2) is 47.4 Å². The molecule has 37 heavy (non-hydrogen) atoms. The Bertz CT molecular complexity index is 1260. The molecule has 3 aliphatic rings. The third-order valence-corrected chi connectivity index (χ3v) is 9.74. The topological polar surface area (TPSA) is 108 Å². The van der Waals surface area contributed by atoms with Gasteiger partial charge in [-0.1, -0.05) is 42.3 Å². The molecule has 2 saturated heterocycles. The van der Waals surface area contributed by atoms with Crippen molar-refractivity contribution in [3.8, 4) is 0 Å². The molecule has 2 fully saturated rings. The minimum atomic E-state index is -3.92. The molecule has 198 valence electrons. The van der Waals surface area contributed by atoms with Gasteiger partial charge in [-0.2, -0.15) is 4.31 Å². The summed E-state index contributed by atoms with van der Waals surface area (Å²) < 4.78 is 27.9. The van der Waals surface area contributed by atoms with Crippen LogP contribution in [0.1, 0.15) is 72.9 Å². The predicted molar refractivity (Wildman–Crippen MR) is 141 cm³/mol. The van der Waals surface area contributed by atoms with Crippen LogP contribution in [-0.4, -0.2) is 50.2 Å². The number of sulfonamides is 1. The minimum absolute atomic E-state index is 0.127. The maximum atomic E-state index is 13.4. The number of hydrogen-bond donors (Lipinski definition) is 3. The van der Waals surface area contributed by atoms with Gasteiger partial charge in [0.1, 0.15) is 6.04 Å². The number of aryl methyl sites for hydroxylation is 2. The summed E-state index contributed by atoms with van der Waals surface area (Å²) in [7, 11) is -3.92. The molecule has 3 unspecified atom stereocenters. The van der Waals surface area contributed by atoms with Crippen molar-refractivity contribution in [1.82, 2.24) is 20.3 Å². The van der Waals surface area contributed by atoms with Crippen LogP contribution in [0.4, 0.5) is 0 Å². The number of nitrogens with one attached hydrogen (secondary N) is 3. The average Bonchev–Trinajstić information content (AvgIpc) is 2.90. The molecule has 2 heterocycles. The van der Waals surface area contributed by atoms with E-state index in [4.69, 9.17) is 0 Å². The summed E-state index contributed by atoms with van der Waals surface area (Å²) in [6.07, 6.45) is 6.16. The van der Waals surface area contributed by atoms with Crippen molar-refractivity contribution in [2.75, 3.05) is 19.6 Å². The van der Waals surface area contributed by atoms with E-state index in [0.29, 0.717) is 6.04 Å². The molecule has 3 atom stereocenters. The standard InChI is InChI=1S/C28H36N4O4S/c1-19-8-11-22(12-9-19)37(35,36)32-16-15-30-28(34)26(32)18-27(33)31-25-7-4-5-20-17-21(10-13-23(20)25)24-6-2-3-14-29-24/h8-13,17,24-26,29H,2-7,14-16,18H2,1H3,(H,30,34)(H,31,33). The third-order valence-electron chi connectivity index (χ3n) is 7.82. The number of hydrogen-bond acceptors (Lipinski definition) is 5. The van der Waals surface area contributed by atoms with Gasteiger partial charge < -0.3 is 16.0 Å². The molecular weight excluding hydrogens is 488 g/mol. The summed E-state index contributed by atoms with van der Waals surface area (Å²) in [6.45, 7) is 3.28. The lowest BCUT2D eigenvalue weighted by Crippen LogP contribution is -2.58. The molecule has 2 aromatic rings. The molecule has 2 aliphatic heterocycles. The van der Waals surface area contributed by atoms with Gasteiger partial charge in [0.05, 0.1) is 17.4 Å². The Kier molecular flexibility index (Phi) is 7.65. The Morgan fingerprint density at radius 2 is 1.86 bits per heavy atom. The van der Waals surface area contributed by atoms with Crippen molar-refractivity contribution < 1.29 is 18.0 Å². The van der Waals surface area contributed by atoms with E-state index in [1.54, 1.807) is 24.3 Å². The summed E-state index contributed by atoms with van der Waals surface area (Å²) in [5, 5.41) is 9.44. The number of piperazine rings is 1. The first-order chi connectivity index (χ1) is 17.8. The lowest BCUT2D eigenvalue weighted by Gasteiger charge is -2.34. The molecule has 0 spiro atoms. The first-order valence-corrected chi connectivity index (χ1v) is 14.8. The summed E-state index contributed by atoms with van der Waals surface area (Å²) in [6, 6.07) is 12.3. The highest BCUT2D eigenvalue weighted by Crippen LogP contribution is 2.33. The van der Waals surface area contributed by atoms with E-state index in [-0.39, 0.29) is 36.4 Å². The van der Waals surface area contributed by atoms with Crippen LogP contribution in [0.5, 0.6) is 0 Å². The zero-order chi connectivity index (χ0) is 26.0. The Hall–Kier alpha value is -2.75. The van der Waals surface area contributed by atoms with Crippen molar-refractivity contribution in [2.24, 2.45) is 0 Å². The van der Waals surface area contributed by atoms with E-state index in [1.807, 2.05) is 6.92 Å². The molecule has 2 aromatic carbocycles. The fourth-order valence-corrected chi connectivity index (χ4v) is 7.38. The zero-order valence-electron chi connectivity index (χ0n) is 21.3. The summed E-state index contributed by atoms with van der Waals surface area (Å²) in [5.41, 5.74) is 4.64. The van der Waals surface area contributed by atoms with Gasteiger partial charge in [-0.15, -0.1) is 0 Å². The van der Waals surface area contributed by atoms with Crippen molar-refractivity contribution in [2.45, 2.75) is 74.9 Å². The van der Waals surface area contributed by atoms with Crippen molar-refractivity contribution in [3.05, 3.63) is 64.7 Å². The number of rotatable bonds is 6. The fourth-order valence-electron chi connectivity index (χ4n) is 5.79. The number of carbonyl (C=O) groups excluding carboxylic acids is 2. The molecular formula is C28H36N4O4S. The molecule has 0 bridgehead atoms. The number of nitrogens with zero attached hydrogens (tertiary/aromatic N) is 1. The largest absolute Gasteiger partial charge is 0.353 e. The molecule has 0 saturated carbocycles. The highest BCUT2D eigenvalue weighted by molar-refractivity contribution is 7.89. The molecule has 9 heteroatoms. The smallest absolute Gasteiger partial charge is 0.243 e. The molecule has 0 radical (unpaired) electrons. The van der Waals surface area contributed by atoms with E-state index in [9.17, 15) is 18.0 Å². The second-order valence-corrected chi connectivity index (χ2v) is 12.3. The summed E-state index contributed by atoms with van der Waals surface area (Å²) >= 11 is 0. The monoisotopic (exact) mass is 524 g/mol. The van der Waals surface area contributed by atoms with Crippen LogP contribution in [-0.2, 0) is 26.0 Å². The van der Waals surface area contributed by atoms with Crippen LogP contribution in [0, 0.1) is 6.92 Å². The SMILES string of the molecule is Cc1ccc(S(=O)(=O)N2CCNC(=O)C2CC(=O)NC2CCCc3cc(C4CCCCN4)ccc32)cc1. The van der Waals surface area contributed by atoms with Crippen LogP contribution in [0.2, 0.25) is 0 Å². The van der Waals surface area contributed by atoms with Gasteiger partial charge in [0.2, 0.25) is 21.8 Å². The molecule has 5 rings (SSSR count). The fraction of sp³-hybridized carbons (Fsp3) is 0.500. The Labute approximate surface area is 219 Å². The Morgan fingerprint density at radius 3 is 2.62 bits per heavy atom. The summed E-state index contributed by atoms with van der Waals surface area (Å²) in [4.78, 5) is 26.1. The Morgan fingerprint density at radius 1 is 1.05 bits per heavy atom. The van der Waals surface area contributed by atoms with E-state index < -0.39 is 22.0 Å². The molecule has 1 aliphatic carbocycles. The summed E-state index contributed by atoms with van der Waals surface area (Å²) in [5.74, 6) is -0.757. The molecule has 0 aromatic heterocycles. The predicted octanol–water partition coefficient (Wildman–Crippen LogP) is 2.88. The van der Waals surface area contributed by atoms with Crippen LogP contribution < -0.4 is 16.0 Å². The van der Waals surface area contributed by atoms with Crippen LogP contribution in [0.25, 0.3) is 0 Å². The number of carbonyl (C=O) groups is 2. The molecule has 8 nitrogen and oxygen atoms in total. The van der Waals surface area contributed by atoms with E-state index in [1.165, 1.54) is 28.3 Å². The quantitative estimate of drug-likeness (QED) is 0.539. The first-order valence-electron chi connectivity index (χ1n) is 13.3. The van der Waals surface area contributed by atoms with Crippen LogP contribution in [0.3, 0.4) is 0 Å². The highest BCUT2D eigenvalue weighted by Gasteiger charge is 2.40. The van der Waals surface area contributed by atoms with Gasteiger partial charge in [-0.25, -0.2) is 8.42 Å². The number of benzene rings is 2. The number of fused-ring (bicyclic) bond motifs is 1. The van der Waals surface area contributed by atoms with Crippen molar-refractivity contribution in [3.63, 3.8) is 0 Å². The second kappa shape index (κ2) is 10.9. The lowest BCUT2D eigenvalue weighted by atomic mass is 9.84. The van der Waals surface area contributed by atoms with Crippen LogP contribution >= 0.6 is 0 Å². The highest BCUT2D eigenvalue weighted by atomic mass is 32.2. The van der Waals surface area contributed by atoms with Gasteiger partial charge in [0.25, 0.3) is 0 Å². The van der Waals surface area contributed by atoms with Gasteiger partial charge in [-0.3, -0.25) is 9.59 Å². The lowest BCUT2D eigenvalue weighted by molar-refractivity contribution is -0.132. The number of amides is 2. The van der Waals surface area contributed by atoms with Gasteiger partial charge in [-0.05, 0) is 74.4 Å². The maximum absolute atomic E-state index is 13.4. The van der Waals surface area contributed by atoms with Gasteiger partial charge in [0, 0.05) is 19.1 Å². The normalized spacial score (nSPS) is 24.7. The maximum Gasteiger partial charge on any atom is 0.243 e.